The number of aryl methyl sites for hydroxylation is 1. The molecule has 1 aromatic carbocycles. The molecule has 0 radical (unpaired) electrons. The van der Waals surface area contributed by atoms with Gasteiger partial charge in [0.1, 0.15) is 5.82 Å². The number of carbonyl (C=O) groups is 2. The summed E-state index contributed by atoms with van der Waals surface area (Å²) in [4.78, 5) is 44.9. The molecule has 0 bridgehead atoms. The second-order valence-corrected chi connectivity index (χ2v) is 9.16. The van der Waals surface area contributed by atoms with E-state index in [1.165, 1.54) is 4.57 Å². The lowest BCUT2D eigenvalue weighted by atomic mass is 10.1. The Labute approximate surface area is 199 Å². The summed E-state index contributed by atoms with van der Waals surface area (Å²) >= 11 is 6.19. The molecule has 2 amide bonds. The van der Waals surface area contributed by atoms with Crippen LogP contribution < -0.4 is 5.56 Å². The van der Waals surface area contributed by atoms with Gasteiger partial charge < -0.3 is 19.5 Å². The third-order valence-electron chi connectivity index (χ3n) is 6.18. The van der Waals surface area contributed by atoms with Crippen LogP contribution in [0.5, 0.6) is 5.75 Å². The Hall–Kier alpha value is -3.01. The van der Waals surface area contributed by atoms with Crippen molar-refractivity contribution in [1.29, 1.82) is 0 Å². The number of fused-ring (bicyclic) bond motifs is 1. The maximum absolute atomic E-state index is 13.5. The van der Waals surface area contributed by atoms with E-state index in [0.717, 1.165) is 10.5 Å². The number of aromatic nitrogens is 2. The molecule has 11 heteroatoms. The van der Waals surface area contributed by atoms with Gasteiger partial charge in [-0.05, 0) is 30.9 Å². The van der Waals surface area contributed by atoms with Gasteiger partial charge in [-0.3, -0.25) is 14.4 Å². The fourth-order valence-electron chi connectivity index (χ4n) is 4.64. The quantitative estimate of drug-likeness (QED) is 0.666. The van der Waals surface area contributed by atoms with E-state index in [0.29, 0.717) is 37.8 Å². The van der Waals surface area contributed by atoms with E-state index in [9.17, 15) is 28.3 Å². The number of benzene rings is 1. The Balaban J connectivity index is 1.61. The Morgan fingerprint density at radius 1 is 1.24 bits per heavy atom. The highest BCUT2D eigenvalue weighted by atomic mass is 35.5. The van der Waals surface area contributed by atoms with Crippen molar-refractivity contribution in [2.24, 2.45) is 0 Å². The largest absolute Gasteiger partial charge is 0.501 e. The molecule has 34 heavy (non-hydrogen) atoms. The standard InChI is InChI=1S/C23H25ClF2N4O4/c1-23(25,26)13-28-11-12-30-18(22(28)34)19(32)21(33)27-20(30)16-7-4-10-29(16)17(31)9-8-14-5-2-3-6-15(14)24/h2-3,5-6,16,32H,4,7-13H2,1H3. The lowest BCUT2D eigenvalue weighted by Gasteiger charge is -2.34. The number of likely N-dealkylation sites (tertiary alicyclic amines) is 1. The van der Waals surface area contributed by atoms with Gasteiger partial charge in [0.2, 0.25) is 11.7 Å². The number of halogens is 3. The highest BCUT2D eigenvalue weighted by Gasteiger charge is 2.39. The van der Waals surface area contributed by atoms with E-state index in [1.54, 1.807) is 11.0 Å². The van der Waals surface area contributed by atoms with Crippen molar-refractivity contribution in [2.45, 2.75) is 51.1 Å². The zero-order chi connectivity index (χ0) is 24.6. The Kier molecular flexibility index (Phi) is 6.62. The molecule has 0 aliphatic carbocycles. The van der Waals surface area contributed by atoms with Gasteiger partial charge in [-0.2, -0.15) is 4.98 Å². The molecule has 0 spiro atoms. The summed E-state index contributed by atoms with van der Waals surface area (Å²) in [5, 5.41) is 10.9. The molecular formula is C23H25ClF2N4O4. The van der Waals surface area contributed by atoms with E-state index in [4.69, 9.17) is 11.6 Å². The van der Waals surface area contributed by atoms with Crippen LogP contribution in [-0.2, 0) is 17.8 Å². The highest BCUT2D eigenvalue weighted by Crippen LogP contribution is 2.34. The molecule has 3 heterocycles. The Bertz CT molecular complexity index is 1180. The number of rotatable bonds is 6. The summed E-state index contributed by atoms with van der Waals surface area (Å²) in [7, 11) is 0. The first-order valence-electron chi connectivity index (χ1n) is 11.1. The summed E-state index contributed by atoms with van der Waals surface area (Å²) in [6.45, 7) is 0.378. The van der Waals surface area contributed by atoms with Crippen LogP contribution in [0.4, 0.5) is 8.78 Å². The lowest BCUT2D eigenvalue weighted by molar-refractivity contribution is -0.132. The minimum Gasteiger partial charge on any atom is -0.501 e. The molecule has 1 aromatic heterocycles. The van der Waals surface area contributed by atoms with Crippen LogP contribution in [0, 0.1) is 0 Å². The summed E-state index contributed by atoms with van der Waals surface area (Å²) in [6, 6.07) is 6.71. The highest BCUT2D eigenvalue weighted by molar-refractivity contribution is 6.31. The van der Waals surface area contributed by atoms with Gasteiger partial charge in [0.25, 0.3) is 11.8 Å². The van der Waals surface area contributed by atoms with Crippen LogP contribution >= 0.6 is 11.6 Å². The maximum atomic E-state index is 13.5. The van der Waals surface area contributed by atoms with E-state index < -0.39 is 35.7 Å². The van der Waals surface area contributed by atoms with Gasteiger partial charge in [0, 0.05) is 38.0 Å². The minimum atomic E-state index is -3.13. The van der Waals surface area contributed by atoms with Crippen molar-refractivity contribution >= 4 is 23.4 Å². The van der Waals surface area contributed by atoms with Crippen LogP contribution in [-0.4, -0.2) is 61.8 Å². The lowest BCUT2D eigenvalue weighted by Crippen LogP contribution is -2.48. The van der Waals surface area contributed by atoms with Crippen molar-refractivity contribution in [3.8, 4) is 5.75 Å². The molecule has 182 valence electrons. The minimum absolute atomic E-state index is 0.0283. The number of hydrogen-bond acceptors (Lipinski definition) is 5. The van der Waals surface area contributed by atoms with Crippen LogP contribution in [0.3, 0.4) is 0 Å². The number of nitrogens with zero attached hydrogens (tertiary/aromatic N) is 4. The van der Waals surface area contributed by atoms with E-state index in [1.807, 2.05) is 18.2 Å². The molecule has 2 aromatic rings. The van der Waals surface area contributed by atoms with Gasteiger partial charge in [-0.15, -0.1) is 0 Å². The molecule has 1 atom stereocenters. The van der Waals surface area contributed by atoms with Gasteiger partial charge in [-0.25, -0.2) is 8.78 Å². The molecule has 1 fully saturated rings. The normalized spacial score (nSPS) is 18.4. The number of hydrogen-bond donors (Lipinski definition) is 1. The zero-order valence-electron chi connectivity index (χ0n) is 18.6. The third kappa shape index (κ3) is 4.77. The van der Waals surface area contributed by atoms with Crippen molar-refractivity contribution in [3.05, 3.63) is 56.7 Å². The fourth-order valence-corrected chi connectivity index (χ4v) is 4.87. The van der Waals surface area contributed by atoms with Gasteiger partial charge in [-0.1, -0.05) is 29.8 Å². The monoisotopic (exact) mass is 494 g/mol. The van der Waals surface area contributed by atoms with Crippen LogP contribution in [0.25, 0.3) is 0 Å². The maximum Gasteiger partial charge on any atom is 0.315 e. The first kappa shape index (κ1) is 24.1. The SMILES string of the molecule is CC(F)(F)CN1CCn2c(C3CCCN3C(=O)CCc3ccccc3Cl)nc(=O)c(O)c2C1=O. The van der Waals surface area contributed by atoms with E-state index in [2.05, 4.69) is 4.98 Å². The van der Waals surface area contributed by atoms with Crippen molar-refractivity contribution in [2.75, 3.05) is 19.6 Å². The molecule has 1 saturated heterocycles. The zero-order valence-corrected chi connectivity index (χ0v) is 19.4. The molecule has 1 N–H and O–H groups in total. The van der Waals surface area contributed by atoms with Crippen LogP contribution in [0.15, 0.2) is 29.1 Å². The van der Waals surface area contributed by atoms with Crippen LogP contribution in [0.2, 0.25) is 5.02 Å². The predicted octanol–water partition coefficient (Wildman–Crippen LogP) is 3.01. The van der Waals surface area contributed by atoms with Crippen molar-refractivity contribution in [3.63, 3.8) is 0 Å². The van der Waals surface area contributed by atoms with Gasteiger partial charge in [0.15, 0.2) is 5.69 Å². The number of amides is 2. The van der Waals surface area contributed by atoms with E-state index >= 15 is 0 Å². The first-order valence-corrected chi connectivity index (χ1v) is 11.5. The molecule has 0 saturated carbocycles. The average molecular weight is 495 g/mol. The van der Waals surface area contributed by atoms with Gasteiger partial charge in [0.05, 0.1) is 12.6 Å². The predicted molar refractivity (Wildman–Crippen MR) is 120 cm³/mol. The summed E-state index contributed by atoms with van der Waals surface area (Å²) in [5.41, 5.74) is -0.529. The molecule has 1 unspecified atom stereocenters. The smallest absolute Gasteiger partial charge is 0.315 e. The average Bonchev–Trinajstić information content (AvgIpc) is 3.26. The molecule has 8 nitrogen and oxygen atoms in total. The second kappa shape index (κ2) is 9.32. The number of alkyl halides is 2. The topological polar surface area (TPSA) is 95.7 Å². The fraction of sp³-hybridized carbons (Fsp3) is 0.478. The second-order valence-electron chi connectivity index (χ2n) is 8.76. The van der Waals surface area contributed by atoms with Crippen LogP contribution in [0.1, 0.15) is 54.1 Å². The summed E-state index contributed by atoms with van der Waals surface area (Å²) in [6.07, 6.45) is 1.85. The molecule has 2 aliphatic rings. The molecule has 4 rings (SSSR count). The summed E-state index contributed by atoms with van der Waals surface area (Å²) in [5.74, 6) is -4.81. The molecular weight excluding hydrogens is 470 g/mol. The van der Waals surface area contributed by atoms with E-state index in [-0.39, 0.29) is 36.9 Å². The Morgan fingerprint density at radius 3 is 2.68 bits per heavy atom. The summed E-state index contributed by atoms with van der Waals surface area (Å²) < 4.78 is 28.5. The number of carbonyl (C=O) groups excluding carboxylic acids is 2. The molecule has 2 aliphatic heterocycles. The third-order valence-corrected chi connectivity index (χ3v) is 6.55. The van der Waals surface area contributed by atoms with Crippen molar-refractivity contribution in [1.82, 2.24) is 19.4 Å². The van der Waals surface area contributed by atoms with Crippen molar-refractivity contribution < 1.29 is 23.5 Å². The first-order chi connectivity index (χ1) is 16.1. The van der Waals surface area contributed by atoms with Gasteiger partial charge >= 0.3 is 5.56 Å². The Morgan fingerprint density at radius 2 is 1.97 bits per heavy atom. The number of aromatic hydroxyl groups is 1.